The number of hydrogen-bond donors (Lipinski definition) is 2. The van der Waals surface area contributed by atoms with Gasteiger partial charge in [0.2, 0.25) is 15.9 Å². The van der Waals surface area contributed by atoms with Crippen molar-refractivity contribution in [2.75, 3.05) is 57.2 Å². The molecule has 18 heteroatoms. The molecule has 1 unspecified atom stereocenters. The van der Waals surface area contributed by atoms with E-state index in [1.807, 2.05) is 24.1 Å². The first-order chi connectivity index (χ1) is 19.3. The fourth-order valence-corrected chi connectivity index (χ4v) is 6.86. The van der Waals surface area contributed by atoms with Gasteiger partial charge in [-0.3, -0.25) is 23.8 Å². The molecule has 14 nitrogen and oxygen atoms in total. The number of nitrogens with zero attached hydrogens (tertiary/aromatic N) is 5. The number of rotatable bonds is 3. The number of hydrogen-bond acceptors (Lipinski definition) is 10. The molecule has 5 rings (SSSR count). The van der Waals surface area contributed by atoms with Gasteiger partial charge in [-0.1, -0.05) is 15.9 Å². The highest BCUT2D eigenvalue weighted by atomic mass is 79.9. The highest BCUT2D eigenvalue weighted by Gasteiger charge is 2.54. The number of piperazine rings is 1. The molecule has 234 valence electrons. The summed E-state index contributed by atoms with van der Waals surface area (Å²) >= 11 is 3.34. The number of anilines is 1. The van der Waals surface area contributed by atoms with Crippen LogP contribution in [-0.4, -0.2) is 123 Å². The molecule has 4 heterocycles. The largest absolute Gasteiger partial charge is 0.371 e. The monoisotopic (exact) mass is 711 g/mol. The molecule has 42 heavy (non-hydrogen) atoms. The van der Waals surface area contributed by atoms with E-state index in [1.54, 1.807) is 36.7 Å². The van der Waals surface area contributed by atoms with E-state index in [2.05, 4.69) is 30.7 Å². The lowest BCUT2D eigenvalue weighted by molar-refractivity contribution is -0.137. The first-order valence-corrected chi connectivity index (χ1v) is 18.5. The molecule has 0 aliphatic carbocycles. The maximum atomic E-state index is 13.2. The second-order valence-corrected chi connectivity index (χ2v) is 16.0. The van der Waals surface area contributed by atoms with E-state index in [1.165, 1.54) is 4.31 Å². The minimum absolute atomic E-state index is 0.109. The molecule has 3 aliphatic heterocycles. The summed E-state index contributed by atoms with van der Waals surface area (Å²) in [5.41, 5.74) is 1.04. The summed E-state index contributed by atoms with van der Waals surface area (Å²) in [5.74, 6) is -0.123. The number of carbonyl (C=O) groups excluding carboxylic acids is 1. The fourth-order valence-electron chi connectivity index (χ4n) is 5.21. The quantitative estimate of drug-likeness (QED) is 0.431. The number of carbonyl (C=O) groups is 1. The van der Waals surface area contributed by atoms with Crippen LogP contribution >= 0.6 is 15.9 Å². The fraction of sp³-hybridized carbons (Fsp3) is 0.500. The zero-order valence-electron chi connectivity index (χ0n) is 23.2. The third-order valence-electron chi connectivity index (χ3n) is 7.19. The Labute approximate surface area is 255 Å². The lowest BCUT2D eigenvalue weighted by atomic mass is 9.86. The van der Waals surface area contributed by atoms with Gasteiger partial charge in [-0.05, 0) is 56.3 Å². The highest BCUT2D eigenvalue weighted by Crippen LogP contribution is 2.40. The Morgan fingerprint density at radius 2 is 1.40 bits per heavy atom. The van der Waals surface area contributed by atoms with Crippen molar-refractivity contribution in [3.8, 4) is 0 Å². The zero-order valence-corrected chi connectivity index (χ0v) is 27.3. The molecule has 2 N–H and O–H groups in total. The molecule has 3 aliphatic rings. The number of amides is 1. The van der Waals surface area contributed by atoms with Crippen LogP contribution in [0.1, 0.15) is 12.8 Å². The average molecular weight is 713 g/mol. The van der Waals surface area contributed by atoms with E-state index < -0.39 is 30.3 Å². The Bertz CT molecular complexity index is 1520. The summed E-state index contributed by atoms with van der Waals surface area (Å²) in [5, 5.41) is 0. The Hall–Kier alpha value is -2.19. The van der Waals surface area contributed by atoms with Crippen molar-refractivity contribution in [2.24, 2.45) is 0 Å². The SMILES string of the molecule is CN1C2CN(S(=O)(=O)c3ccc(Br)cc3)CC(=O)N2CC12CCN(c1ccncc1)CC2.CS(=O)(=O)O.CS(=O)(=O)O. The molecule has 1 aromatic heterocycles. The second kappa shape index (κ2) is 13.2. The van der Waals surface area contributed by atoms with Crippen molar-refractivity contribution >= 4 is 57.8 Å². The highest BCUT2D eigenvalue weighted by molar-refractivity contribution is 9.10. The minimum atomic E-state index is -3.74. The lowest BCUT2D eigenvalue weighted by Crippen LogP contribution is -2.59. The number of sulfonamides is 1. The predicted molar refractivity (Wildman–Crippen MR) is 160 cm³/mol. The molecule has 1 amide bonds. The molecule has 0 bridgehead atoms. The maximum Gasteiger partial charge on any atom is 0.261 e. The summed E-state index contributed by atoms with van der Waals surface area (Å²) in [6, 6.07) is 10.6. The summed E-state index contributed by atoms with van der Waals surface area (Å²) in [7, 11) is -9.03. The zero-order chi connectivity index (χ0) is 31.5. The molecule has 0 saturated carbocycles. The van der Waals surface area contributed by atoms with E-state index in [4.69, 9.17) is 9.11 Å². The van der Waals surface area contributed by atoms with Gasteiger partial charge in [0, 0.05) is 54.3 Å². The standard InChI is InChI=1S/C22H26BrN5O3S.2CH4O3S/c1-25-20-14-27(32(30,31)19-4-2-17(23)3-5-19)15-21(29)28(20)16-22(25)8-12-26(13-9-22)18-6-10-24-11-7-18;2*1-5(2,3)4/h2-7,10-11,20H,8-9,12-16H2,1H3;2*1H3,(H,2,3,4). The predicted octanol–water partition coefficient (Wildman–Crippen LogP) is 0.996. The van der Waals surface area contributed by atoms with Gasteiger partial charge in [0.15, 0.2) is 0 Å². The van der Waals surface area contributed by atoms with E-state index >= 15 is 0 Å². The normalized spacial score (nSPS) is 21.2. The Balaban J connectivity index is 0.000000420. The van der Waals surface area contributed by atoms with E-state index in [-0.39, 0.29) is 35.6 Å². The molecule has 1 spiro atoms. The Morgan fingerprint density at radius 1 is 0.905 bits per heavy atom. The van der Waals surface area contributed by atoms with Crippen molar-refractivity contribution in [1.82, 2.24) is 19.1 Å². The minimum Gasteiger partial charge on any atom is -0.371 e. The smallest absolute Gasteiger partial charge is 0.261 e. The molecule has 1 atom stereocenters. The Kier molecular flexibility index (Phi) is 10.8. The van der Waals surface area contributed by atoms with Crippen LogP contribution in [0.2, 0.25) is 0 Å². The van der Waals surface area contributed by atoms with Crippen molar-refractivity contribution in [1.29, 1.82) is 0 Å². The van der Waals surface area contributed by atoms with Crippen LogP contribution in [0.5, 0.6) is 0 Å². The first kappa shape index (κ1) is 34.3. The van der Waals surface area contributed by atoms with Crippen LogP contribution in [0.3, 0.4) is 0 Å². The van der Waals surface area contributed by atoms with E-state index in [9.17, 15) is 30.0 Å². The third kappa shape index (κ3) is 9.15. The van der Waals surface area contributed by atoms with Crippen molar-refractivity contribution in [3.05, 3.63) is 53.3 Å². The van der Waals surface area contributed by atoms with Gasteiger partial charge in [0.25, 0.3) is 20.2 Å². The number of halogens is 1. The van der Waals surface area contributed by atoms with E-state index in [0.717, 1.165) is 36.1 Å². The maximum absolute atomic E-state index is 13.2. The molecular formula is C24H34BrN5O9S3. The average Bonchev–Trinajstić information content (AvgIpc) is 3.15. The van der Waals surface area contributed by atoms with Crippen LogP contribution in [0.4, 0.5) is 5.69 Å². The molecule has 3 fully saturated rings. The molecule has 1 aromatic carbocycles. The lowest BCUT2D eigenvalue weighted by Gasteiger charge is -2.44. The van der Waals surface area contributed by atoms with Crippen LogP contribution < -0.4 is 4.90 Å². The summed E-state index contributed by atoms with van der Waals surface area (Å²) in [6.07, 6.45) is 6.65. The van der Waals surface area contributed by atoms with Crippen LogP contribution in [0.15, 0.2) is 58.2 Å². The van der Waals surface area contributed by atoms with Gasteiger partial charge in [0.05, 0.1) is 30.1 Å². The number of aromatic nitrogens is 1. The van der Waals surface area contributed by atoms with Gasteiger partial charge in [0.1, 0.15) is 0 Å². The number of piperidine rings is 1. The molecule has 2 aromatic rings. The molecule has 3 saturated heterocycles. The molecular weight excluding hydrogens is 678 g/mol. The van der Waals surface area contributed by atoms with Crippen molar-refractivity contribution < 1.29 is 39.2 Å². The first-order valence-electron chi connectivity index (χ1n) is 12.6. The Morgan fingerprint density at radius 3 is 1.90 bits per heavy atom. The number of benzene rings is 1. The van der Waals surface area contributed by atoms with Crippen LogP contribution in [-0.2, 0) is 35.1 Å². The number of likely N-dealkylation sites (N-methyl/N-ethyl adjacent to an activating group) is 1. The summed E-state index contributed by atoms with van der Waals surface area (Å²) in [4.78, 5) is 23.8. The topological polar surface area (TPSA) is 186 Å². The van der Waals surface area contributed by atoms with Gasteiger partial charge in [-0.2, -0.15) is 21.1 Å². The van der Waals surface area contributed by atoms with Gasteiger partial charge < -0.3 is 9.80 Å². The van der Waals surface area contributed by atoms with Crippen LogP contribution in [0.25, 0.3) is 0 Å². The summed E-state index contributed by atoms with van der Waals surface area (Å²) in [6.45, 7) is 2.62. The van der Waals surface area contributed by atoms with Crippen molar-refractivity contribution in [3.63, 3.8) is 0 Å². The van der Waals surface area contributed by atoms with Gasteiger partial charge in [-0.15, -0.1) is 0 Å². The second-order valence-electron chi connectivity index (χ2n) is 10.2. The molecule has 0 radical (unpaired) electrons. The number of pyridine rings is 1. The van der Waals surface area contributed by atoms with E-state index in [0.29, 0.717) is 19.1 Å². The van der Waals surface area contributed by atoms with Crippen LogP contribution in [0, 0.1) is 0 Å². The number of fused-ring (bicyclic) bond motifs is 1. The third-order valence-corrected chi connectivity index (χ3v) is 9.55. The summed E-state index contributed by atoms with van der Waals surface area (Å²) < 4.78 is 80.3. The van der Waals surface area contributed by atoms with Gasteiger partial charge >= 0.3 is 0 Å². The van der Waals surface area contributed by atoms with Crippen molar-refractivity contribution in [2.45, 2.75) is 29.4 Å². The van der Waals surface area contributed by atoms with Gasteiger partial charge in [-0.25, -0.2) is 8.42 Å².